The molecule has 0 aliphatic heterocycles. The highest BCUT2D eigenvalue weighted by Crippen LogP contribution is 2.32. The van der Waals surface area contributed by atoms with E-state index in [1.165, 1.54) is 20.7 Å². The van der Waals surface area contributed by atoms with Crippen LogP contribution in [0.15, 0.2) is 47.4 Å². The quantitative estimate of drug-likeness (QED) is 0.374. The molecule has 0 bridgehead atoms. The summed E-state index contributed by atoms with van der Waals surface area (Å²) in [5.41, 5.74) is 3.42. The molecule has 0 fully saturated rings. The summed E-state index contributed by atoms with van der Waals surface area (Å²) in [6.07, 6.45) is 0.506. The van der Waals surface area contributed by atoms with Gasteiger partial charge in [-0.1, -0.05) is 49.4 Å². The van der Waals surface area contributed by atoms with Gasteiger partial charge in [-0.2, -0.15) is 0 Å². The highest BCUT2D eigenvalue weighted by Gasteiger charge is 2.21. The van der Waals surface area contributed by atoms with Crippen LogP contribution >= 0.6 is 23.1 Å². The number of anilines is 1. The van der Waals surface area contributed by atoms with Crippen LogP contribution in [0, 0.1) is 13.8 Å². The van der Waals surface area contributed by atoms with Crippen LogP contribution in [-0.2, 0) is 4.79 Å². The summed E-state index contributed by atoms with van der Waals surface area (Å²) in [7, 11) is 0. The number of aromatic nitrogens is 1. The molecule has 0 saturated heterocycles. The van der Waals surface area contributed by atoms with E-state index in [1.54, 1.807) is 23.1 Å². The van der Waals surface area contributed by atoms with E-state index >= 15 is 0 Å². The van der Waals surface area contributed by atoms with Gasteiger partial charge in [-0.3, -0.25) is 9.69 Å². The van der Waals surface area contributed by atoms with Crippen LogP contribution in [0.5, 0.6) is 0 Å². The number of benzene rings is 2. The lowest BCUT2D eigenvalue weighted by molar-refractivity contribution is -0.118. The van der Waals surface area contributed by atoms with Gasteiger partial charge < -0.3 is 4.90 Å². The number of thioether (sulfide) groups is 1. The Hall–Kier alpha value is -1.89. The van der Waals surface area contributed by atoms with Crippen molar-refractivity contribution in [3.63, 3.8) is 0 Å². The van der Waals surface area contributed by atoms with Crippen molar-refractivity contribution in [2.45, 2.75) is 39.0 Å². The number of nitrogens with zero attached hydrogens (tertiary/aromatic N) is 3. The molecule has 1 heterocycles. The Balaban J connectivity index is 1.77. The van der Waals surface area contributed by atoms with Gasteiger partial charge in [0.15, 0.2) is 5.13 Å². The number of rotatable bonds is 10. The van der Waals surface area contributed by atoms with Crippen LogP contribution in [0.3, 0.4) is 0 Å². The van der Waals surface area contributed by atoms with Gasteiger partial charge in [-0.15, -0.1) is 11.8 Å². The number of amides is 1. The third-order valence-electron chi connectivity index (χ3n) is 5.20. The van der Waals surface area contributed by atoms with E-state index in [2.05, 4.69) is 56.9 Å². The van der Waals surface area contributed by atoms with Gasteiger partial charge in [0, 0.05) is 30.2 Å². The zero-order valence-corrected chi connectivity index (χ0v) is 20.0. The first-order valence-corrected chi connectivity index (χ1v) is 12.4. The molecule has 1 aromatic heterocycles. The first kappa shape index (κ1) is 22.8. The van der Waals surface area contributed by atoms with Crippen molar-refractivity contribution >= 4 is 44.4 Å². The second kappa shape index (κ2) is 10.9. The van der Waals surface area contributed by atoms with E-state index in [4.69, 9.17) is 4.98 Å². The molecule has 0 aliphatic carbocycles. The van der Waals surface area contributed by atoms with Crippen LogP contribution in [0.4, 0.5) is 5.13 Å². The molecule has 0 atom stereocenters. The minimum atomic E-state index is 0.152. The van der Waals surface area contributed by atoms with Crippen molar-refractivity contribution in [3.8, 4) is 0 Å². The molecule has 160 valence electrons. The van der Waals surface area contributed by atoms with Crippen molar-refractivity contribution in [1.29, 1.82) is 0 Å². The highest BCUT2D eigenvalue weighted by molar-refractivity contribution is 7.99. The lowest BCUT2D eigenvalue weighted by atomic mass is 10.1. The molecule has 0 spiro atoms. The Kier molecular flexibility index (Phi) is 8.31. The van der Waals surface area contributed by atoms with Gasteiger partial charge in [0.1, 0.15) is 0 Å². The number of hydrogen-bond acceptors (Lipinski definition) is 5. The molecule has 1 amide bonds. The molecule has 30 heavy (non-hydrogen) atoms. The third-order valence-corrected chi connectivity index (χ3v) is 7.45. The number of carbonyl (C=O) groups is 1. The summed E-state index contributed by atoms with van der Waals surface area (Å²) < 4.78 is 1.18. The zero-order valence-electron chi connectivity index (χ0n) is 18.4. The molecular formula is C24H31N3OS2. The zero-order chi connectivity index (χ0) is 21.5. The first-order valence-electron chi connectivity index (χ1n) is 10.6. The Bertz CT molecular complexity index is 967. The van der Waals surface area contributed by atoms with E-state index in [1.807, 2.05) is 23.1 Å². The monoisotopic (exact) mass is 441 g/mol. The lowest BCUT2D eigenvalue weighted by Crippen LogP contribution is -2.39. The van der Waals surface area contributed by atoms with Crippen molar-refractivity contribution in [2.24, 2.45) is 0 Å². The molecule has 0 saturated carbocycles. The second-order valence-corrected chi connectivity index (χ2v) is 9.56. The predicted octanol–water partition coefficient (Wildman–Crippen LogP) is 5.77. The van der Waals surface area contributed by atoms with Crippen LogP contribution in [0.2, 0.25) is 0 Å². The van der Waals surface area contributed by atoms with E-state index in [0.717, 1.165) is 36.0 Å². The van der Waals surface area contributed by atoms with Crippen LogP contribution in [0.1, 0.15) is 31.4 Å². The predicted molar refractivity (Wildman–Crippen MR) is 131 cm³/mol. The van der Waals surface area contributed by atoms with Crippen LogP contribution < -0.4 is 4.90 Å². The topological polar surface area (TPSA) is 36.4 Å². The van der Waals surface area contributed by atoms with E-state index in [9.17, 15) is 4.79 Å². The molecular weight excluding hydrogens is 410 g/mol. The van der Waals surface area contributed by atoms with Crippen LogP contribution in [0.25, 0.3) is 10.2 Å². The highest BCUT2D eigenvalue weighted by atomic mass is 32.2. The summed E-state index contributed by atoms with van der Waals surface area (Å²) in [6.45, 7) is 12.0. The van der Waals surface area contributed by atoms with Crippen molar-refractivity contribution < 1.29 is 4.79 Å². The Labute approximate surface area is 188 Å². The minimum Gasteiger partial charge on any atom is -0.302 e. The Morgan fingerprint density at radius 3 is 2.50 bits per heavy atom. The van der Waals surface area contributed by atoms with Gasteiger partial charge in [-0.25, -0.2) is 4.98 Å². The van der Waals surface area contributed by atoms with Gasteiger partial charge in [0.05, 0.1) is 10.2 Å². The molecule has 4 nitrogen and oxygen atoms in total. The molecule has 2 aromatic carbocycles. The number of thiazole rings is 1. The molecule has 0 aliphatic rings. The summed E-state index contributed by atoms with van der Waals surface area (Å²) in [4.78, 5) is 23.5. The van der Waals surface area contributed by atoms with Crippen molar-refractivity contribution in [3.05, 3.63) is 53.6 Å². The summed E-state index contributed by atoms with van der Waals surface area (Å²) in [5, 5.41) is 0.820. The SMILES string of the molecule is CCN(CC)CCN(C(=O)CCSc1ccccc1)c1nc2cc(C)cc(C)c2s1. The summed E-state index contributed by atoms with van der Waals surface area (Å²) >= 11 is 3.36. The molecule has 0 radical (unpaired) electrons. The average molecular weight is 442 g/mol. The maximum absolute atomic E-state index is 13.2. The number of carbonyl (C=O) groups excluding carboxylic acids is 1. The van der Waals surface area contributed by atoms with Crippen molar-refractivity contribution in [2.75, 3.05) is 36.8 Å². The third kappa shape index (κ3) is 5.84. The number of likely N-dealkylation sites (N-methyl/N-ethyl adjacent to an activating group) is 1. The summed E-state index contributed by atoms with van der Waals surface area (Å²) in [6, 6.07) is 14.6. The lowest BCUT2D eigenvalue weighted by Gasteiger charge is -2.24. The maximum atomic E-state index is 13.2. The number of hydrogen-bond donors (Lipinski definition) is 0. The molecule has 3 rings (SSSR count). The largest absolute Gasteiger partial charge is 0.302 e. The Morgan fingerprint density at radius 1 is 1.07 bits per heavy atom. The molecule has 0 unspecified atom stereocenters. The standard InChI is InChI=1S/C24H31N3OS2/c1-5-26(6-2)13-14-27(22(28)12-15-29-20-10-8-7-9-11-20)24-25-21-17-18(3)16-19(4)23(21)30-24/h7-11,16-17H,5-6,12-15H2,1-4H3. The van der Waals surface area contributed by atoms with Gasteiger partial charge >= 0.3 is 0 Å². The molecule has 0 N–H and O–H groups in total. The fourth-order valence-corrected chi connectivity index (χ4v) is 5.42. The fourth-order valence-electron chi connectivity index (χ4n) is 3.50. The van der Waals surface area contributed by atoms with E-state index < -0.39 is 0 Å². The maximum Gasteiger partial charge on any atom is 0.229 e. The Morgan fingerprint density at radius 2 is 1.80 bits per heavy atom. The van der Waals surface area contributed by atoms with Gasteiger partial charge in [0.25, 0.3) is 0 Å². The molecule has 3 aromatic rings. The number of fused-ring (bicyclic) bond motifs is 1. The average Bonchev–Trinajstić information content (AvgIpc) is 3.16. The second-order valence-electron chi connectivity index (χ2n) is 7.41. The van der Waals surface area contributed by atoms with Crippen molar-refractivity contribution in [1.82, 2.24) is 9.88 Å². The van der Waals surface area contributed by atoms with Gasteiger partial charge in [0.2, 0.25) is 5.91 Å². The fraction of sp³-hybridized carbons (Fsp3) is 0.417. The summed E-state index contributed by atoms with van der Waals surface area (Å²) in [5.74, 6) is 0.923. The normalized spacial score (nSPS) is 11.4. The first-order chi connectivity index (χ1) is 14.5. The molecule has 6 heteroatoms. The van der Waals surface area contributed by atoms with E-state index in [-0.39, 0.29) is 5.91 Å². The smallest absolute Gasteiger partial charge is 0.229 e. The van der Waals surface area contributed by atoms with Crippen LogP contribution in [-0.4, -0.2) is 47.7 Å². The minimum absolute atomic E-state index is 0.152. The van der Waals surface area contributed by atoms with E-state index in [0.29, 0.717) is 13.0 Å². The number of aryl methyl sites for hydroxylation is 2. The van der Waals surface area contributed by atoms with Gasteiger partial charge in [-0.05, 0) is 56.3 Å².